The van der Waals surface area contributed by atoms with Gasteiger partial charge in [-0.3, -0.25) is 9.69 Å². The molecule has 0 bridgehead atoms. The van der Waals surface area contributed by atoms with Crippen LogP contribution in [0, 0.1) is 0 Å². The zero-order chi connectivity index (χ0) is 16.4. The van der Waals surface area contributed by atoms with E-state index in [4.69, 9.17) is 0 Å². The van der Waals surface area contributed by atoms with E-state index in [9.17, 15) is 4.79 Å². The molecule has 2 aliphatic heterocycles. The summed E-state index contributed by atoms with van der Waals surface area (Å²) in [6, 6.07) is 8.10. The predicted molar refractivity (Wildman–Crippen MR) is 94.9 cm³/mol. The first kappa shape index (κ1) is 15.6. The van der Waals surface area contributed by atoms with Crippen molar-refractivity contribution >= 4 is 16.9 Å². The number of hydrogen-bond donors (Lipinski definition) is 1. The number of likely N-dealkylation sites (tertiary alicyclic amines) is 2. The molecule has 2 aliphatic rings. The molecule has 128 valence electrons. The molecule has 1 N–H and O–H groups in total. The van der Waals surface area contributed by atoms with Gasteiger partial charge in [-0.2, -0.15) is 0 Å². The summed E-state index contributed by atoms with van der Waals surface area (Å²) in [5.41, 5.74) is 2.09. The maximum absolute atomic E-state index is 12.5. The summed E-state index contributed by atoms with van der Waals surface area (Å²) in [6.45, 7) is 4.34. The molecule has 3 heterocycles. The fourth-order valence-corrected chi connectivity index (χ4v) is 3.78. The summed E-state index contributed by atoms with van der Waals surface area (Å²) in [5, 5.41) is 0. The lowest BCUT2D eigenvalue weighted by atomic mass is 9.99. The fraction of sp³-hybridized carbons (Fsp3) is 0.579. The highest BCUT2D eigenvalue weighted by Gasteiger charge is 2.34. The molecule has 0 atom stereocenters. The van der Waals surface area contributed by atoms with Crippen LogP contribution in [0.3, 0.4) is 0 Å². The second-order valence-electron chi connectivity index (χ2n) is 7.18. The van der Waals surface area contributed by atoms with Crippen LogP contribution in [-0.4, -0.2) is 58.4 Å². The molecule has 0 radical (unpaired) electrons. The Labute approximate surface area is 143 Å². The van der Waals surface area contributed by atoms with E-state index in [0.29, 0.717) is 12.5 Å². The first-order chi connectivity index (χ1) is 11.8. The van der Waals surface area contributed by atoms with E-state index in [2.05, 4.69) is 20.9 Å². The molecular weight excluding hydrogens is 300 g/mol. The Morgan fingerprint density at radius 2 is 1.79 bits per heavy atom. The Morgan fingerprint density at radius 1 is 1.08 bits per heavy atom. The number of rotatable bonds is 3. The Balaban J connectivity index is 1.30. The van der Waals surface area contributed by atoms with Crippen molar-refractivity contribution in [1.29, 1.82) is 0 Å². The molecule has 2 saturated heterocycles. The average Bonchev–Trinajstić information content (AvgIpc) is 2.91. The van der Waals surface area contributed by atoms with Gasteiger partial charge in [0.05, 0.1) is 23.5 Å². The second-order valence-corrected chi connectivity index (χ2v) is 7.18. The number of nitrogens with zero attached hydrogens (tertiary/aromatic N) is 3. The normalized spacial score (nSPS) is 20.6. The molecule has 1 aromatic heterocycles. The highest BCUT2D eigenvalue weighted by atomic mass is 16.2. The van der Waals surface area contributed by atoms with Crippen LogP contribution in [0.1, 0.15) is 43.8 Å². The van der Waals surface area contributed by atoms with Crippen LogP contribution >= 0.6 is 0 Å². The summed E-state index contributed by atoms with van der Waals surface area (Å²) >= 11 is 0. The zero-order valence-electron chi connectivity index (χ0n) is 14.2. The minimum absolute atomic E-state index is 0.280. The Bertz CT molecular complexity index is 663. The molecular formula is C19H26N4O. The fourth-order valence-electron chi connectivity index (χ4n) is 3.78. The van der Waals surface area contributed by atoms with Gasteiger partial charge in [0.1, 0.15) is 5.82 Å². The van der Waals surface area contributed by atoms with E-state index in [0.717, 1.165) is 43.0 Å². The third-order valence-electron chi connectivity index (χ3n) is 5.34. The number of fused-ring (bicyclic) bond motifs is 1. The van der Waals surface area contributed by atoms with Crippen molar-refractivity contribution in [1.82, 2.24) is 19.8 Å². The lowest BCUT2D eigenvalue weighted by Gasteiger charge is -2.39. The number of aromatic amines is 1. The summed E-state index contributed by atoms with van der Waals surface area (Å²) in [4.78, 5) is 24.9. The Kier molecular flexibility index (Phi) is 4.52. The average molecular weight is 326 g/mol. The smallest absolute Gasteiger partial charge is 0.236 e. The van der Waals surface area contributed by atoms with Gasteiger partial charge in [-0.15, -0.1) is 0 Å². The van der Waals surface area contributed by atoms with Gasteiger partial charge in [-0.1, -0.05) is 31.4 Å². The van der Waals surface area contributed by atoms with E-state index < -0.39 is 0 Å². The standard InChI is InChI=1S/C19H26N4O/c24-18(14-22-10-6-2-1-3-7-11-22)23-12-15(13-23)19-20-16-8-4-5-9-17(16)21-19/h4-5,8-9,15H,1-3,6-7,10-14H2,(H,20,21). The number of hydrogen-bond acceptors (Lipinski definition) is 3. The summed E-state index contributed by atoms with van der Waals surface area (Å²) in [5.74, 6) is 1.66. The molecule has 1 aromatic carbocycles. The van der Waals surface area contributed by atoms with Crippen LogP contribution < -0.4 is 0 Å². The quantitative estimate of drug-likeness (QED) is 0.943. The van der Waals surface area contributed by atoms with Crippen molar-refractivity contribution in [2.75, 3.05) is 32.7 Å². The number of aromatic nitrogens is 2. The maximum atomic E-state index is 12.5. The third-order valence-corrected chi connectivity index (χ3v) is 5.34. The third kappa shape index (κ3) is 3.31. The minimum Gasteiger partial charge on any atom is -0.342 e. The van der Waals surface area contributed by atoms with Crippen molar-refractivity contribution in [3.8, 4) is 0 Å². The van der Waals surface area contributed by atoms with E-state index in [1.165, 1.54) is 32.1 Å². The molecule has 0 saturated carbocycles. The van der Waals surface area contributed by atoms with Crippen molar-refractivity contribution < 1.29 is 4.79 Å². The summed E-state index contributed by atoms with van der Waals surface area (Å²) in [7, 11) is 0. The first-order valence-corrected chi connectivity index (χ1v) is 9.24. The maximum Gasteiger partial charge on any atom is 0.236 e. The van der Waals surface area contributed by atoms with Gasteiger partial charge >= 0.3 is 0 Å². The van der Waals surface area contributed by atoms with Crippen LogP contribution in [0.25, 0.3) is 11.0 Å². The Morgan fingerprint density at radius 3 is 2.54 bits per heavy atom. The molecule has 2 aromatic rings. The highest BCUT2D eigenvalue weighted by Crippen LogP contribution is 2.27. The zero-order valence-corrected chi connectivity index (χ0v) is 14.2. The molecule has 0 aliphatic carbocycles. The van der Waals surface area contributed by atoms with Gasteiger partial charge in [0.15, 0.2) is 0 Å². The van der Waals surface area contributed by atoms with E-state index in [1.807, 2.05) is 23.1 Å². The van der Waals surface area contributed by atoms with E-state index in [-0.39, 0.29) is 5.91 Å². The molecule has 24 heavy (non-hydrogen) atoms. The van der Waals surface area contributed by atoms with Crippen LogP contribution in [0.2, 0.25) is 0 Å². The molecule has 4 rings (SSSR count). The number of benzene rings is 1. The topological polar surface area (TPSA) is 52.2 Å². The van der Waals surface area contributed by atoms with Crippen LogP contribution in [0.5, 0.6) is 0 Å². The second kappa shape index (κ2) is 6.93. The number of H-pyrrole nitrogens is 1. The lowest BCUT2D eigenvalue weighted by molar-refractivity contribution is -0.137. The predicted octanol–water partition coefficient (Wildman–Crippen LogP) is 2.75. The van der Waals surface area contributed by atoms with Crippen molar-refractivity contribution in [2.24, 2.45) is 0 Å². The molecule has 5 heteroatoms. The van der Waals surface area contributed by atoms with Crippen LogP contribution in [0.4, 0.5) is 0 Å². The van der Waals surface area contributed by atoms with Crippen LogP contribution in [0.15, 0.2) is 24.3 Å². The van der Waals surface area contributed by atoms with Crippen molar-refractivity contribution in [2.45, 2.75) is 38.0 Å². The summed E-state index contributed by atoms with van der Waals surface area (Å²) < 4.78 is 0. The number of imidazole rings is 1. The lowest BCUT2D eigenvalue weighted by Crippen LogP contribution is -2.52. The van der Waals surface area contributed by atoms with Gasteiger partial charge in [0.25, 0.3) is 0 Å². The number of carbonyl (C=O) groups excluding carboxylic acids is 1. The molecule has 0 spiro atoms. The van der Waals surface area contributed by atoms with Crippen LogP contribution in [-0.2, 0) is 4.79 Å². The number of amides is 1. The van der Waals surface area contributed by atoms with E-state index in [1.54, 1.807) is 0 Å². The summed E-state index contributed by atoms with van der Waals surface area (Å²) in [6.07, 6.45) is 6.43. The minimum atomic E-state index is 0.280. The van der Waals surface area contributed by atoms with Crippen molar-refractivity contribution in [3.63, 3.8) is 0 Å². The van der Waals surface area contributed by atoms with Gasteiger partial charge < -0.3 is 9.88 Å². The Hall–Kier alpha value is -1.88. The highest BCUT2D eigenvalue weighted by molar-refractivity contribution is 5.79. The first-order valence-electron chi connectivity index (χ1n) is 9.24. The van der Waals surface area contributed by atoms with Gasteiger partial charge in [0, 0.05) is 13.1 Å². The number of carbonyl (C=O) groups is 1. The molecule has 0 unspecified atom stereocenters. The van der Waals surface area contributed by atoms with E-state index >= 15 is 0 Å². The monoisotopic (exact) mass is 326 g/mol. The van der Waals surface area contributed by atoms with Gasteiger partial charge in [0.2, 0.25) is 5.91 Å². The van der Waals surface area contributed by atoms with Crippen molar-refractivity contribution in [3.05, 3.63) is 30.1 Å². The molecule has 1 amide bonds. The molecule has 2 fully saturated rings. The van der Waals surface area contributed by atoms with Gasteiger partial charge in [-0.05, 0) is 38.1 Å². The molecule has 5 nitrogen and oxygen atoms in total. The number of nitrogens with one attached hydrogen (secondary N) is 1. The number of para-hydroxylation sites is 2. The SMILES string of the molecule is O=C(CN1CCCCCCC1)N1CC(c2nc3ccccc3[nH]2)C1. The largest absolute Gasteiger partial charge is 0.342 e. The van der Waals surface area contributed by atoms with Gasteiger partial charge in [-0.25, -0.2) is 4.98 Å².